The number of rotatable bonds is 1. The molecule has 0 radical (unpaired) electrons. The van der Waals surface area contributed by atoms with E-state index in [-0.39, 0.29) is 5.02 Å². The van der Waals surface area contributed by atoms with Gasteiger partial charge in [0.25, 0.3) is 0 Å². The molecule has 0 saturated carbocycles. The van der Waals surface area contributed by atoms with Crippen LogP contribution in [-0.4, -0.2) is 18.3 Å². The van der Waals surface area contributed by atoms with Gasteiger partial charge in [-0.1, -0.05) is 23.7 Å². The summed E-state index contributed by atoms with van der Waals surface area (Å²) in [5, 5.41) is -0.0154. The van der Waals surface area contributed by atoms with Crippen molar-refractivity contribution in [3.63, 3.8) is 0 Å². The van der Waals surface area contributed by atoms with Gasteiger partial charge in [0.2, 0.25) is 0 Å². The molecular weight excluding hydrogens is 291 g/mol. The van der Waals surface area contributed by atoms with Gasteiger partial charge in [0.15, 0.2) is 0 Å². The molecule has 1 aromatic carbocycles. The molecule has 0 unspecified atom stereocenters. The molecule has 0 atom stereocenters. The highest BCUT2D eigenvalue weighted by atomic mass is 35.5. The standard InChI is InChI=1S/C13H15BClF3O2/c1-11(2)12(3,4)20-14(19-11)9-6-5-8(7-10(9)15)13(16,17)18/h5-7H,1-4H3. The number of hydrogen-bond acceptors (Lipinski definition) is 2. The van der Waals surface area contributed by atoms with Crippen LogP contribution in [0.2, 0.25) is 5.02 Å². The highest BCUT2D eigenvalue weighted by Crippen LogP contribution is 2.37. The first-order chi connectivity index (χ1) is 8.94. The van der Waals surface area contributed by atoms with Gasteiger partial charge in [-0.25, -0.2) is 0 Å². The van der Waals surface area contributed by atoms with Crippen LogP contribution in [0.5, 0.6) is 0 Å². The molecule has 1 heterocycles. The Labute approximate surface area is 121 Å². The van der Waals surface area contributed by atoms with E-state index in [1.807, 2.05) is 27.7 Å². The first kappa shape index (κ1) is 15.7. The number of halogens is 4. The third-order valence-corrected chi connectivity index (χ3v) is 4.16. The van der Waals surface area contributed by atoms with Crippen LogP contribution in [-0.2, 0) is 15.5 Å². The molecule has 0 bridgehead atoms. The molecule has 0 amide bonds. The van der Waals surface area contributed by atoms with Crippen molar-refractivity contribution in [2.24, 2.45) is 0 Å². The minimum atomic E-state index is -4.42. The number of benzene rings is 1. The second-order valence-electron chi connectivity index (χ2n) is 5.82. The molecule has 110 valence electrons. The lowest BCUT2D eigenvalue weighted by atomic mass is 9.78. The van der Waals surface area contributed by atoms with Crippen LogP contribution in [0, 0.1) is 0 Å². The lowest BCUT2D eigenvalue weighted by Gasteiger charge is -2.32. The van der Waals surface area contributed by atoms with Crippen LogP contribution in [0.15, 0.2) is 18.2 Å². The van der Waals surface area contributed by atoms with Gasteiger partial charge in [0.05, 0.1) is 16.8 Å². The fraction of sp³-hybridized carbons (Fsp3) is 0.538. The van der Waals surface area contributed by atoms with Gasteiger partial charge < -0.3 is 9.31 Å². The minimum absolute atomic E-state index is 0.0154. The predicted octanol–water partition coefficient (Wildman–Crippen LogP) is 3.66. The smallest absolute Gasteiger partial charge is 0.399 e. The Hall–Kier alpha value is -0.715. The van der Waals surface area contributed by atoms with E-state index in [9.17, 15) is 13.2 Å². The summed E-state index contributed by atoms with van der Waals surface area (Å²) in [6, 6.07) is 3.17. The zero-order valence-electron chi connectivity index (χ0n) is 11.6. The highest BCUT2D eigenvalue weighted by Gasteiger charge is 2.52. The summed E-state index contributed by atoms with van der Waals surface area (Å²) in [6.45, 7) is 7.46. The van der Waals surface area contributed by atoms with Gasteiger partial charge >= 0.3 is 13.3 Å². The summed E-state index contributed by atoms with van der Waals surface area (Å²) in [6.07, 6.45) is -4.42. The molecular formula is C13H15BClF3O2. The average Bonchev–Trinajstić information content (AvgIpc) is 2.46. The molecule has 20 heavy (non-hydrogen) atoms. The van der Waals surface area contributed by atoms with E-state index in [1.54, 1.807) is 0 Å². The normalized spacial score (nSPS) is 21.3. The Morgan fingerprint density at radius 3 is 1.95 bits per heavy atom. The monoisotopic (exact) mass is 306 g/mol. The van der Waals surface area contributed by atoms with Crippen molar-refractivity contribution in [2.75, 3.05) is 0 Å². The Bertz CT molecular complexity index is 513. The van der Waals surface area contributed by atoms with E-state index in [0.717, 1.165) is 12.1 Å². The summed E-state index contributed by atoms with van der Waals surface area (Å²) in [4.78, 5) is 0. The molecule has 0 aliphatic carbocycles. The average molecular weight is 307 g/mol. The van der Waals surface area contributed by atoms with Gasteiger partial charge in [-0.2, -0.15) is 13.2 Å². The Balaban J connectivity index is 2.33. The molecule has 1 aliphatic heterocycles. The number of alkyl halides is 3. The Morgan fingerprint density at radius 1 is 1.05 bits per heavy atom. The minimum Gasteiger partial charge on any atom is -0.399 e. The van der Waals surface area contributed by atoms with Crippen molar-refractivity contribution in [3.05, 3.63) is 28.8 Å². The van der Waals surface area contributed by atoms with Crippen LogP contribution in [0.4, 0.5) is 13.2 Å². The zero-order valence-corrected chi connectivity index (χ0v) is 12.4. The molecule has 1 aliphatic rings. The van der Waals surface area contributed by atoms with Crippen LogP contribution in [0.3, 0.4) is 0 Å². The summed E-state index contributed by atoms with van der Waals surface area (Å²) in [5.41, 5.74) is -1.52. The predicted molar refractivity (Wildman–Crippen MR) is 72.2 cm³/mol. The van der Waals surface area contributed by atoms with Crippen molar-refractivity contribution < 1.29 is 22.5 Å². The van der Waals surface area contributed by atoms with Crippen LogP contribution >= 0.6 is 11.6 Å². The van der Waals surface area contributed by atoms with Crippen molar-refractivity contribution in [2.45, 2.75) is 45.1 Å². The van der Waals surface area contributed by atoms with E-state index in [4.69, 9.17) is 20.9 Å². The van der Waals surface area contributed by atoms with E-state index in [0.29, 0.717) is 5.46 Å². The van der Waals surface area contributed by atoms with Crippen LogP contribution < -0.4 is 5.46 Å². The van der Waals surface area contributed by atoms with Gasteiger partial charge in [0.1, 0.15) is 0 Å². The topological polar surface area (TPSA) is 18.5 Å². The maximum absolute atomic E-state index is 12.6. The van der Waals surface area contributed by atoms with Crippen molar-refractivity contribution in [1.82, 2.24) is 0 Å². The molecule has 7 heteroatoms. The maximum Gasteiger partial charge on any atom is 0.496 e. The maximum atomic E-state index is 12.6. The summed E-state index contributed by atoms with van der Waals surface area (Å²) >= 11 is 5.94. The van der Waals surface area contributed by atoms with Gasteiger partial charge in [-0.3, -0.25) is 0 Å². The van der Waals surface area contributed by atoms with Crippen molar-refractivity contribution >= 4 is 24.2 Å². The van der Waals surface area contributed by atoms with Gasteiger partial charge in [-0.05, 0) is 33.8 Å². The third kappa shape index (κ3) is 2.69. The fourth-order valence-electron chi connectivity index (χ4n) is 1.86. The molecule has 0 spiro atoms. The fourth-order valence-corrected chi connectivity index (χ4v) is 2.13. The van der Waals surface area contributed by atoms with Crippen molar-refractivity contribution in [3.8, 4) is 0 Å². The number of hydrogen-bond donors (Lipinski definition) is 0. The van der Waals surface area contributed by atoms with Gasteiger partial charge in [0, 0.05) is 10.5 Å². The molecule has 1 fully saturated rings. The Kier molecular flexibility index (Phi) is 3.64. The van der Waals surface area contributed by atoms with E-state index in [1.165, 1.54) is 6.07 Å². The molecule has 2 rings (SSSR count). The summed E-state index contributed by atoms with van der Waals surface area (Å²) in [5.74, 6) is 0. The first-order valence-corrected chi connectivity index (χ1v) is 6.54. The summed E-state index contributed by atoms with van der Waals surface area (Å²) in [7, 11) is -0.769. The quantitative estimate of drug-likeness (QED) is 0.737. The van der Waals surface area contributed by atoms with Crippen molar-refractivity contribution in [1.29, 1.82) is 0 Å². The Morgan fingerprint density at radius 2 is 1.55 bits per heavy atom. The highest BCUT2D eigenvalue weighted by molar-refractivity contribution is 6.65. The molecule has 1 saturated heterocycles. The first-order valence-electron chi connectivity index (χ1n) is 6.16. The molecule has 1 aromatic rings. The second-order valence-corrected chi connectivity index (χ2v) is 6.23. The third-order valence-electron chi connectivity index (χ3n) is 3.83. The largest absolute Gasteiger partial charge is 0.496 e. The van der Waals surface area contributed by atoms with Crippen LogP contribution in [0.1, 0.15) is 33.3 Å². The molecule has 0 aromatic heterocycles. The second kappa shape index (κ2) is 4.65. The lowest BCUT2D eigenvalue weighted by molar-refractivity contribution is -0.137. The SMILES string of the molecule is CC1(C)OB(c2ccc(C(F)(F)F)cc2Cl)OC1(C)C. The molecule has 2 nitrogen and oxygen atoms in total. The summed E-state index contributed by atoms with van der Waals surface area (Å²) < 4.78 is 49.3. The van der Waals surface area contributed by atoms with E-state index < -0.39 is 30.1 Å². The van der Waals surface area contributed by atoms with E-state index >= 15 is 0 Å². The van der Waals surface area contributed by atoms with E-state index in [2.05, 4.69) is 0 Å². The van der Waals surface area contributed by atoms with Gasteiger partial charge in [-0.15, -0.1) is 0 Å². The van der Waals surface area contributed by atoms with Crippen LogP contribution in [0.25, 0.3) is 0 Å². The molecule has 0 N–H and O–H groups in total. The zero-order chi connectivity index (χ0) is 15.3. The lowest BCUT2D eigenvalue weighted by Crippen LogP contribution is -2.41.